The number of anilines is 1. The molecule has 1 N–H and O–H groups in total. The average Bonchev–Trinajstić information content (AvgIpc) is 3.48. The molecule has 0 saturated carbocycles. The molecule has 2 amide bonds. The summed E-state index contributed by atoms with van der Waals surface area (Å²) in [5.41, 5.74) is 0.239. The van der Waals surface area contributed by atoms with Gasteiger partial charge in [0.1, 0.15) is 11.9 Å². The number of halogens is 5. The molecule has 4 rings (SSSR count). The molecule has 0 aliphatic carbocycles. The van der Waals surface area contributed by atoms with Crippen LogP contribution in [0.2, 0.25) is 0 Å². The third-order valence-corrected chi connectivity index (χ3v) is 9.81. The van der Waals surface area contributed by atoms with Gasteiger partial charge in [0, 0.05) is 31.6 Å². The fourth-order valence-corrected chi connectivity index (χ4v) is 6.34. The van der Waals surface area contributed by atoms with Crippen LogP contribution in [0, 0.1) is 0 Å². The molecular weight excluding hydrogens is 705 g/mol. The SMILES string of the molecule is CCS(=O)(=O)c1ccc(C(CC(=O)N(C)OC(C)=O)NC(=O)c2ccc(N3C[C@@H](Oc4ccc(C(F)(F)F)cc4)C[C@H]3COC(F)F)cc2)cc1. The van der Waals surface area contributed by atoms with Gasteiger partial charge in [0.2, 0.25) is 0 Å². The van der Waals surface area contributed by atoms with E-state index in [4.69, 9.17) is 9.57 Å². The van der Waals surface area contributed by atoms with E-state index in [1.54, 1.807) is 17.0 Å². The third-order valence-electron chi connectivity index (χ3n) is 8.06. The van der Waals surface area contributed by atoms with Crippen molar-refractivity contribution in [1.82, 2.24) is 10.4 Å². The maximum Gasteiger partial charge on any atom is 0.416 e. The van der Waals surface area contributed by atoms with Gasteiger partial charge in [-0.2, -0.15) is 27.0 Å². The van der Waals surface area contributed by atoms with Crippen molar-refractivity contribution >= 4 is 33.3 Å². The van der Waals surface area contributed by atoms with E-state index in [0.29, 0.717) is 11.3 Å². The normalized spacial score (nSPS) is 16.8. The molecular formula is C34H36F5N3O8S. The number of sulfone groups is 1. The summed E-state index contributed by atoms with van der Waals surface area (Å²) < 4.78 is 99.8. The van der Waals surface area contributed by atoms with Gasteiger partial charge >= 0.3 is 18.8 Å². The summed E-state index contributed by atoms with van der Waals surface area (Å²) in [6, 6.07) is 14.3. The Bertz CT molecular complexity index is 1770. The lowest BCUT2D eigenvalue weighted by atomic mass is 10.0. The summed E-state index contributed by atoms with van der Waals surface area (Å²) in [5.74, 6) is -1.96. The van der Waals surface area contributed by atoms with Crippen molar-refractivity contribution in [2.45, 2.75) is 62.6 Å². The van der Waals surface area contributed by atoms with Gasteiger partial charge in [0.05, 0.1) is 47.9 Å². The van der Waals surface area contributed by atoms with Crippen LogP contribution in [0.25, 0.3) is 0 Å². The van der Waals surface area contributed by atoms with Crippen LogP contribution in [0.4, 0.5) is 27.6 Å². The second-order valence-corrected chi connectivity index (χ2v) is 13.9. The van der Waals surface area contributed by atoms with Crippen molar-refractivity contribution in [3.05, 3.63) is 89.5 Å². The number of hydrogen-bond donors (Lipinski definition) is 1. The Balaban J connectivity index is 1.51. The topological polar surface area (TPSA) is 132 Å². The molecule has 1 fully saturated rings. The smallest absolute Gasteiger partial charge is 0.416 e. The highest BCUT2D eigenvalue weighted by atomic mass is 32.2. The number of hydrogen-bond acceptors (Lipinski definition) is 9. The van der Waals surface area contributed by atoms with Gasteiger partial charge in [-0.15, -0.1) is 0 Å². The molecule has 1 aliphatic heterocycles. The van der Waals surface area contributed by atoms with Gasteiger partial charge in [0.25, 0.3) is 11.8 Å². The van der Waals surface area contributed by atoms with E-state index in [-0.39, 0.29) is 48.0 Å². The van der Waals surface area contributed by atoms with Gasteiger partial charge in [-0.05, 0) is 66.2 Å². The number of nitrogens with zero attached hydrogens (tertiary/aromatic N) is 2. The van der Waals surface area contributed by atoms with E-state index in [2.05, 4.69) is 10.1 Å². The molecule has 1 unspecified atom stereocenters. The van der Waals surface area contributed by atoms with Crippen LogP contribution in [0.15, 0.2) is 77.7 Å². The van der Waals surface area contributed by atoms with Crippen LogP contribution in [0.3, 0.4) is 0 Å². The van der Waals surface area contributed by atoms with E-state index in [1.165, 1.54) is 62.5 Å². The van der Waals surface area contributed by atoms with Gasteiger partial charge in [-0.25, -0.2) is 8.42 Å². The quantitative estimate of drug-likeness (QED) is 0.177. The first-order valence-corrected chi connectivity index (χ1v) is 17.3. The number of alkyl halides is 5. The molecule has 0 radical (unpaired) electrons. The standard InChI is InChI=1S/C34H36F5N3O8S/c1-4-51(46,47)29-15-7-22(8-16-29)30(18-31(44)41(3)50-21(2)43)40-32(45)23-5-11-25(12-6-23)42-19-28(17-26(42)20-48-33(35)36)49-27-13-9-24(10-14-27)34(37,38)39/h5-16,26,28,30,33H,4,17-20H2,1-3H3,(H,40,45)/t26-,28-,30?/m0/s1. The van der Waals surface area contributed by atoms with Crippen molar-refractivity contribution in [3.8, 4) is 5.75 Å². The van der Waals surface area contributed by atoms with Gasteiger partial charge in [-0.3, -0.25) is 14.4 Å². The number of rotatable bonds is 13. The van der Waals surface area contributed by atoms with Crippen LogP contribution < -0.4 is 15.0 Å². The van der Waals surface area contributed by atoms with E-state index in [1.807, 2.05) is 0 Å². The molecule has 51 heavy (non-hydrogen) atoms. The fourth-order valence-electron chi connectivity index (χ4n) is 5.45. The van der Waals surface area contributed by atoms with Crippen LogP contribution in [0.5, 0.6) is 5.75 Å². The van der Waals surface area contributed by atoms with Crippen LogP contribution in [0.1, 0.15) is 54.2 Å². The molecule has 3 atom stereocenters. The lowest BCUT2D eigenvalue weighted by Crippen LogP contribution is -2.35. The van der Waals surface area contributed by atoms with Crippen molar-refractivity contribution in [2.24, 2.45) is 0 Å². The monoisotopic (exact) mass is 741 g/mol. The summed E-state index contributed by atoms with van der Waals surface area (Å²) >= 11 is 0. The number of hydroxylamine groups is 2. The summed E-state index contributed by atoms with van der Waals surface area (Å²) in [5, 5.41) is 3.48. The highest BCUT2D eigenvalue weighted by Gasteiger charge is 2.35. The predicted octanol–water partition coefficient (Wildman–Crippen LogP) is 5.56. The largest absolute Gasteiger partial charge is 0.489 e. The second-order valence-electron chi connectivity index (χ2n) is 11.6. The molecule has 0 aromatic heterocycles. The number of ether oxygens (including phenoxy) is 2. The van der Waals surface area contributed by atoms with Crippen molar-refractivity contribution < 1.29 is 59.1 Å². The lowest BCUT2D eigenvalue weighted by Gasteiger charge is -2.26. The summed E-state index contributed by atoms with van der Waals surface area (Å²) in [7, 11) is -2.29. The van der Waals surface area contributed by atoms with Gasteiger partial charge < -0.3 is 24.5 Å². The van der Waals surface area contributed by atoms with Gasteiger partial charge in [0.15, 0.2) is 9.84 Å². The Morgan fingerprint density at radius 1 is 0.980 bits per heavy atom. The first-order chi connectivity index (χ1) is 24.0. The molecule has 276 valence electrons. The minimum absolute atomic E-state index is 0.0592. The Morgan fingerprint density at radius 3 is 2.16 bits per heavy atom. The number of benzene rings is 3. The molecule has 0 spiro atoms. The van der Waals surface area contributed by atoms with E-state index in [9.17, 15) is 44.8 Å². The van der Waals surface area contributed by atoms with Crippen molar-refractivity contribution in [3.63, 3.8) is 0 Å². The molecule has 1 saturated heterocycles. The summed E-state index contributed by atoms with van der Waals surface area (Å²) in [6.45, 7) is -0.621. The van der Waals surface area contributed by atoms with E-state index < -0.39 is 64.2 Å². The Hall–Kier alpha value is -4.77. The molecule has 1 aliphatic rings. The zero-order valence-electron chi connectivity index (χ0n) is 27.7. The average molecular weight is 742 g/mol. The van der Waals surface area contributed by atoms with E-state index in [0.717, 1.165) is 24.1 Å². The maximum atomic E-state index is 13.4. The van der Waals surface area contributed by atoms with Crippen molar-refractivity contribution in [2.75, 3.05) is 30.9 Å². The number of carbonyl (C=O) groups is 3. The minimum atomic E-state index is -4.52. The molecule has 3 aromatic carbocycles. The first kappa shape index (κ1) is 39.0. The Kier molecular flexibility index (Phi) is 12.6. The lowest BCUT2D eigenvalue weighted by molar-refractivity contribution is -0.191. The third kappa shape index (κ3) is 10.6. The zero-order valence-corrected chi connectivity index (χ0v) is 28.5. The Labute approximate surface area is 291 Å². The number of amides is 2. The zero-order chi connectivity index (χ0) is 37.5. The highest BCUT2D eigenvalue weighted by Crippen LogP contribution is 2.33. The minimum Gasteiger partial charge on any atom is -0.489 e. The van der Waals surface area contributed by atoms with Crippen LogP contribution in [-0.4, -0.2) is 76.0 Å². The molecule has 0 bridgehead atoms. The molecule has 1 heterocycles. The first-order valence-electron chi connectivity index (χ1n) is 15.7. The van der Waals surface area contributed by atoms with E-state index >= 15 is 0 Å². The van der Waals surface area contributed by atoms with Crippen LogP contribution in [-0.2, 0) is 35.2 Å². The summed E-state index contributed by atoms with van der Waals surface area (Å²) in [4.78, 5) is 44.2. The number of carbonyl (C=O) groups excluding carboxylic acids is 3. The fraction of sp³-hybridized carbons (Fsp3) is 0.382. The van der Waals surface area contributed by atoms with Gasteiger partial charge in [-0.1, -0.05) is 19.1 Å². The highest BCUT2D eigenvalue weighted by molar-refractivity contribution is 7.91. The second kappa shape index (κ2) is 16.5. The van der Waals surface area contributed by atoms with Crippen molar-refractivity contribution in [1.29, 1.82) is 0 Å². The predicted molar refractivity (Wildman–Crippen MR) is 174 cm³/mol. The Morgan fingerprint density at radius 2 is 1.61 bits per heavy atom. The number of nitrogens with one attached hydrogen (secondary N) is 1. The van der Waals surface area contributed by atoms with Crippen LogP contribution >= 0.6 is 0 Å². The summed E-state index contributed by atoms with van der Waals surface area (Å²) in [6.07, 6.45) is -5.24. The maximum absolute atomic E-state index is 13.4. The molecule has 17 heteroatoms. The molecule has 11 nitrogen and oxygen atoms in total. The molecule has 3 aromatic rings.